The lowest BCUT2D eigenvalue weighted by molar-refractivity contribution is 0.411. The van der Waals surface area contributed by atoms with E-state index in [1.54, 1.807) is 7.11 Å². The molecular weight excluding hydrogens is 184 g/mol. The summed E-state index contributed by atoms with van der Waals surface area (Å²) in [5, 5.41) is 0. The third kappa shape index (κ3) is 3.78. The summed E-state index contributed by atoms with van der Waals surface area (Å²) >= 11 is 0. The number of allylic oxidation sites excluding steroid dienone is 1. The molecule has 0 saturated carbocycles. The van der Waals surface area contributed by atoms with E-state index in [1.807, 2.05) is 6.08 Å². The van der Waals surface area contributed by atoms with Crippen LogP contribution in [0.4, 0.5) is 0 Å². The first-order chi connectivity index (χ1) is 7.27. The lowest BCUT2D eigenvalue weighted by Gasteiger charge is -2.07. The fourth-order valence-corrected chi connectivity index (χ4v) is 1.71. The monoisotopic (exact) mass is 204 g/mol. The smallest absolute Gasteiger partial charge is 0.121 e. The van der Waals surface area contributed by atoms with Crippen LogP contribution in [0, 0.1) is 6.92 Å². The van der Waals surface area contributed by atoms with Gasteiger partial charge in [-0.15, -0.1) is 6.58 Å². The zero-order valence-corrected chi connectivity index (χ0v) is 9.75. The molecule has 0 saturated heterocycles. The topological polar surface area (TPSA) is 9.23 Å². The lowest BCUT2D eigenvalue weighted by Crippen LogP contribution is -1.90. The van der Waals surface area contributed by atoms with Crippen molar-refractivity contribution >= 4 is 0 Å². The van der Waals surface area contributed by atoms with E-state index in [4.69, 9.17) is 4.74 Å². The molecular formula is C14H20O. The highest BCUT2D eigenvalue weighted by atomic mass is 16.5. The molecule has 1 rings (SSSR count). The summed E-state index contributed by atoms with van der Waals surface area (Å²) in [6, 6.07) is 6.42. The highest BCUT2D eigenvalue weighted by Crippen LogP contribution is 2.19. The summed E-state index contributed by atoms with van der Waals surface area (Å²) in [6.45, 7) is 5.81. The third-order valence-electron chi connectivity index (χ3n) is 2.58. The Labute approximate surface area is 92.8 Å². The van der Waals surface area contributed by atoms with E-state index < -0.39 is 0 Å². The van der Waals surface area contributed by atoms with Crippen molar-refractivity contribution in [2.24, 2.45) is 0 Å². The molecule has 0 aromatic heterocycles. The SMILES string of the molecule is C=CCCCCc1ccc(OC)c(C)c1. The maximum atomic E-state index is 5.23. The molecule has 0 N–H and O–H groups in total. The van der Waals surface area contributed by atoms with Gasteiger partial charge in [0.25, 0.3) is 0 Å². The first-order valence-electron chi connectivity index (χ1n) is 5.52. The molecule has 1 heteroatoms. The van der Waals surface area contributed by atoms with Crippen molar-refractivity contribution in [3.05, 3.63) is 42.0 Å². The molecule has 0 fully saturated rings. The highest BCUT2D eigenvalue weighted by molar-refractivity contribution is 5.36. The van der Waals surface area contributed by atoms with Gasteiger partial charge in [0.1, 0.15) is 5.75 Å². The number of hydrogen-bond donors (Lipinski definition) is 0. The van der Waals surface area contributed by atoms with Crippen molar-refractivity contribution < 1.29 is 4.74 Å². The number of ether oxygens (including phenoxy) is 1. The molecule has 0 spiro atoms. The first-order valence-corrected chi connectivity index (χ1v) is 5.52. The summed E-state index contributed by atoms with van der Waals surface area (Å²) < 4.78 is 5.23. The predicted molar refractivity (Wildman–Crippen MR) is 65.5 cm³/mol. The van der Waals surface area contributed by atoms with Gasteiger partial charge in [0.05, 0.1) is 7.11 Å². The fraction of sp³-hybridized carbons (Fsp3) is 0.429. The van der Waals surface area contributed by atoms with Crippen molar-refractivity contribution in [1.82, 2.24) is 0 Å². The number of unbranched alkanes of at least 4 members (excludes halogenated alkanes) is 2. The minimum absolute atomic E-state index is 0.977. The van der Waals surface area contributed by atoms with Gasteiger partial charge < -0.3 is 4.74 Å². The van der Waals surface area contributed by atoms with Crippen molar-refractivity contribution in [2.75, 3.05) is 7.11 Å². The summed E-state index contributed by atoms with van der Waals surface area (Å²) in [5.41, 5.74) is 2.62. The summed E-state index contributed by atoms with van der Waals surface area (Å²) in [4.78, 5) is 0. The summed E-state index contributed by atoms with van der Waals surface area (Å²) in [5.74, 6) is 0.977. The van der Waals surface area contributed by atoms with Crippen LogP contribution in [-0.4, -0.2) is 7.11 Å². The number of benzene rings is 1. The maximum Gasteiger partial charge on any atom is 0.121 e. The Morgan fingerprint density at radius 3 is 2.73 bits per heavy atom. The maximum absolute atomic E-state index is 5.23. The Balaban J connectivity index is 2.48. The van der Waals surface area contributed by atoms with Gasteiger partial charge in [-0.1, -0.05) is 18.2 Å². The number of aryl methyl sites for hydroxylation is 2. The van der Waals surface area contributed by atoms with Crippen LogP contribution in [-0.2, 0) is 6.42 Å². The van der Waals surface area contributed by atoms with Crippen LogP contribution in [0.5, 0.6) is 5.75 Å². The molecule has 1 aromatic rings. The van der Waals surface area contributed by atoms with Gasteiger partial charge in [-0.3, -0.25) is 0 Å². The normalized spacial score (nSPS) is 10.0. The van der Waals surface area contributed by atoms with Crippen molar-refractivity contribution in [2.45, 2.75) is 32.6 Å². The Kier molecular flexibility index (Phi) is 4.96. The van der Waals surface area contributed by atoms with E-state index in [-0.39, 0.29) is 0 Å². The first kappa shape index (κ1) is 11.8. The minimum atomic E-state index is 0.977. The molecule has 0 atom stereocenters. The predicted octanol–water partition coefficient (Wildman–Crippen LogP) is 3.90. The zero-order chi connectivity index (χ0) is 11.1. The summed E-state index contributed by atoms with van der Waals surface area (Å²) in [7, 11) is 1.71. The molecule has 0 aliphatic rings. The quantitative estimate of drug-likeness (QED) is 0.504. The Morgan fingerprint density at radius 2 is 2.13 bits per heavy atom. The van der Waals surface area contributed by atoms with E-state index in [0.717, 1.165) is 18.6 Å². The van der Waals surface area contributed by atoms with E-state index in [0.29, 0.717) is 0 Å². The van der Waals surface area contributed by atoms with Crippen molar-refractivity contribution in [3.63, 3.8) is 0 Å². The second-order valence-corrected chi connectivity index (χ2v) is 3.84. The van der Waals surface area contributed by atoms with Gasteiger partial charge in [-0.2, -0.15) is 0 Å². The lowest BCUT2D eigenvalue weighted by atomic mass is 10.0. The number of rotatable bonds is 6. The fourth-order valence-electron chi connectivity index (χ4n) is 1.71. The minimum Gasteiger partial charge on any atom is -0.496 e. The number of methoxy groups -OCH3 is 1. The largest absolute Gasteiger partial charge is 0.496 e. The van der Waals surface area contributed by atoms with E-state index in [2.05, 4.69) is 31.7 Å². The molecule has 0 unspecified atom stereocenters. The molecule has 0 bridgehead atoms. The zero-order valence-electron chi connectivity index (χ0n) is 9.75. The third-order valence-corrected chi connectivity index (χ3v) is 2.58. The molecule has 0 aliphatic heterocycles. The standard InChI is InChI=1S/C14H20O/c1-4-5-6-7-8-13-9-10-14(15-3)12(2)11-13/h4,9-11H,1,5-8H2,2-3H3. The molecule has 82 valence electrons. The van der Waals surface area contributed by atoms with E-state index in [9.17, 15) is 0 Å². The van der Waals surface area contributed by atoms with Gasteiger partial charge in [-0.25, -0.2) is 0 Å². The Morgan fingerprint density at radius 1 is 1.33 bits per heavy atom. The van der Waals surface area contributed by atoms with Gasteiger partial charge in [-0.05, 0) is 49.8 Å². The molecule has 1 aromatic carbocycles. The van der Waals surface area contributed by atoms with Crippen LogP contribution in [0.2, 0.25) is 0 Å². The van der Waals surface area contributed by atoms with Crippen molar-refractivity contribution in [1.29, 1.82) is 0 Å². The van der Waals surface area contributed by atoms with E-state index >= 15 is 0 Å². The average molecular weight is 204 g/mol. The Hall–Kier alpha value is -1.24. The summed E-state index contributed by atoms with van der Waals surface area (Å²) in [6.07, 6.45) is 6.72. The van der Waals surface area contributed by atoms with Gasteiger partial charge >= 0.3 is 0 Å². The molecule has 15 heavy (non-hydrogen) atoms. The second kappa shape index (κ2) is 6.28. The highest BCUT2D eigenvalue weighted by Gasteiger charge is 1.99. The van der Waals surface area contributed by atoms with Crippen LogP contribution >= 0.6 is 0 Å². The van der Waals surface area contributed by atoms with Crippen LogP contribution in [0.3, 0.4) is 0 Å². The van der Waals surface area contributed by atoms with Crippen LogP contribution < -0.4 is 4.74 Å². The Bertz CT molecular complexity index is 315. The average Bonchev–Trinajstić information content (AvgIpc) is 2.25. The molecule has 0 amide bonds. The van der Waals surface area contributed by atoms with Gasteiger partial charge in [0.2, 0.25) is 0 Å². The van der Waals surface area contributed by atoms with Gasteiger partial charge in [0.15, 0.2) is 0 Å². The van der Waals surface area contributed by atoms with Crippen molar-refractivity contribution in [3.8, 4) is 5.75 Å². The second-order valence-electron chi connectivity index (χ2n) is 3.84. The van der Waals surface area contributed by atoms with Crippen LogP contribution in [0.1, 0.15) is 30.4 Å². The van der Waals surface area contributed by atoms with Crippen LogP contribution in [0.25, 0.3) is 0 Å². The van der Waals surface area contributed by atoms with Crippen LogP contribution in [0.15, 0.2) is 30.9 Å². The molecule has 0 radical (unpaired) electrons. The number of hydrogen-bond acceptors (Lipinski definition) is 1. The molecule has 0 aliphatic carbocycles. The molecule has 1 nitrogen and oxygen atoms in total. The van der Waals surface area contributed by atoms with Gasteiger partial charge in [0, 0.05) is 0 Å². The molecule has 0 heterocycles. The van der Waals surface area contributed by atoms with E-state index in [1.165, 1.54) is 24.0 Å².